The van der Waals surface area contributed by atoms with Gasteiger partial charge in [-0.05, 0) is 37.0 Å². The monoisotopic (exact) mass is 250 g/mol. The lowest BCUT2D eigenvalue weighted by Crippen LogP contribution is -2.25. The first-order valence-corrected chi connectivity index (χ1v) is 6.78. The summed E-state index contributed by atoms with van der Waals surface area (Å²) >= 11 is 0. The van der Waals surface area contributed by atoms with Gasteiger partial charge in [0.25, 0.3) is 0 Å². The van der Waals surface area contributed by atoms with Crippen molar-refractivity contribution < 1.29 is 14.6 Å². The Kier molecular flexibility index (Phi) is 4.61. The molecular formula is C15H22O3. The van der Waals surface area contributed by atoms with Crippen LogP contribution >= 0.6 is 0 Å². The molecule has 0 spiro atoms. The highest BCUT2D eigenvalue weighted by atomic mass is 16.5. The van der Waals surface area contributed by atoms with Gasteiger partial charge in [-0.25, -0.2) is 0 Å². The van der Waals surface area contributed by atoms with Crippen molar-refractivity contribution in [2.24, 2.45) is 0 Å². The molecule has 1 aromatic rings. The maximum Gasteiger partial charge on any atom is 0.119 e. The minimum Gasteiger partial charge on any atom is -0.494 e. The van der Waals surface area contributed by atoms with E-state index in [1.165, 1.54) is 0 Å². The molecule has 1 aromatic carbocycles. The smallest absolute Gasteiger partial charge is 0.119 e. The van der Waals surface area contributed by atoms with Crippen LogP contribution in [0.3, 0.4) is 0 Å². The molecule has 0 aliphatic carbocycles. The van der Waals surface area contributed by atoms with E-state index in [4.69, 9.17) is 9.47 Å². The standard InChI is InChI=1S/C15H22O3/c1-2-10-18-14-6-4-13(5-7-14)15(16)8-3-11-17-12-9-15/h4-7,16H,2-3,8-12H2,1H3. The van der Waals surface area contributed by atoms with Crippen LogP contribution < -0.4 is 4.74 Å². The molecular weight excluding hydrogens is 228 g/mol. The van der Waals surface area contributed by atoms with Gasteiger partial charge in [-0.3, -0.25) is 0 Å². The summed E-state index contributed by atoms with van der Waals surface area (Å²) in [6.45, 7) is 4.20. The van der Waals surface area contributed by atoms with Crippen molar-refractivity contribution in [1.82, 2.24) is 0 Å². The number of aliphatic hydroxyl groups is 1. The average molecular weight is 250 g/mol. The first-order valence-electron chi connectivity index (χ1n) is 6.78. The minimum atomic E-state index is -0.736. The topological polar surface area (TPSA) is 38.7 Å². The van der Waals surface area contributed by atoms with Crippen molar-refractivity contribution in [3.8, 4) is 5.75 Å². The van der Waals surface area contributed by atoms with Gasteiger partial charge in [-0.2, -0.15) is 0 Å². The fourth-order valence-corrected chi connectivity index (χ4v) is 2.30. The van der Waals surface area contributed by atoms with Gasteiger partial charge >= 0.3 is 0 Å². The number of hydrogen-bond acceptors (Lipinski definition) is 3. The first-order chi connectivity index (χ1) is 8.74. The Bertz CT molecular complexity index is 351. The Hall–Kier alpha value is -1.06. The zero-order chi connectivity index (χ0) is 12.8. The lowest BCUT2D eigenvalue weighted by atomic mass is 9.87. The van der Waals surface area contributed by atoms with E-state index in [0.29, 0.717) is 13.0 Å². The van der Waals surface area contributed by atoms with E-state index in [1.54, 1.807) is 0 Å². The third-order valence-electron chi connectivity index (χ3n) is 3.40. The average Bonchev–Trinajstić information content (AvgIpc) is 2.63. The summed E-state index contributed by atoms with van der Waals surface area (Å²) in [5.41, 5.74) is 0.233. The van der Waals surface area contributed by atoms with E-state index in [-0.39, 0.29) is 0 Å². The largest absolute Gasteiger partial charge is 0.494 e. The van der Waals surface area contributed by atoms with Crippen molar-refractivity contribution in [2.45, 2.75) is 38.2 Å². The van der Waals surface area contributed by atoms with Gasteiger partial charge in [-0.1, -0.05) is 19.1 Å². The van der Waals surface area contributed by atoms with Crippen LogP contribution in [0.2, 0.25) is 0 Å². The molecule has 3 nitrogen and oxygen atoms in total. The van der Waals surface area contributed by atoms with E-state index in [1.807, 2.05) is 24.3 Å². The summed E-state index contributed by atoms with van der Waals surface area (Å²) in [6, 6.07) is 7.82. The van der Waals surface area contributed by atoms with Gasteiger partial charge in [0.1, 0.15) is 5.75 Å². The lowest BCUT2D eigenvalue weighted by molar-refractivity contribution is 0.0144. The molecule has 2 rings (SSSR count). The Balaban J connectivity index is 2.07. The highest BCUT2D eigenvalue weighted by Gasteiger charge is 2.30. The molecule has 1 fully saturated rings. The third kappa shape index (κ3) is 3.24. The van der Waals surface area contributed by atoms with Crippen LogP contribution in [0.4, 0.5) is 0 Å². The Labute approximate surface area is 109 Å². The van der Waals surface area contributed by atoms with Gasteiger partial charge < -0.3 is 14.6 Å². The van der Waals surface area contributed by atoms with Gasteiger partial charge in [-0.15, -0.1) is 0 Å². The second-order valence-corrected chi connectivity index (χ2v) is 4.87. The molecule has 0 amide bonds. The predicted octanol–water partition coefficient (Wildman–Crippen LogP) is 2.86. The molecule has 1 aliphatic rings. The number of rotatable bonds is 4. The molecule has 1 N–H and O–H groups in total. The highest BCUT2D eigenvalue weighted by Crippen LogP contribution is 2.33. The van der Waals surface area contributed by atoms with Gasteiger partial charge in [0.15, 0.2) is 0 Å². The number of ether oxygens (including phenoxy) is 2. The highest BCUT2D eigenvalue weighted by molar-refractivity contribution is 5.31. The summed E-state index contributed by atoms with van der Waals surface area (Å²) in [4.78, 5) is 0. The normalized spacial score (nSPS) is 24.6. The van der Waals surface area contributed by atoms with E-state index < -0.39 is 5.60 Å². The molecule has 3 heteroatoms. The maximum absolute atomic E-state index is 10.7. The summed E-state index contributed by atoms with van der Waals surface area (Å²) in [7, 11) is 0. The van der Waals surface area contributed by atoms with E-state index in [0.717, 1.165) is 43.8 Å². The van der Waals surface area contributed by atoms with Crippen LogP contribution in [-0.4, -0.2) is 24.9 Å². The van der Waals surface area contributed by atoms with Crippen LogP contribution in [0.15, 0.2) is 24.3 Å². The molecule has 0 radical (unpaired) electrons. The second-order valence-electron chi connectivity index (χ2n) is 4.87. The molecule has 1 aliphatic heterocycles. The molecule has 1 atom stereocenters. The summed E-state index contributed by atoms with van der Waals surface area (Å²) < 4.78 is 11.0. The van der Waals surface area contributed by atoms with Gasteiger partial charge in [0, 0.05) is 19.6 Å². The molecule has 1 heterocycles. The van der Waals surface area contributed by atoms with Gasteiger partial charge in [0.2, 0.25) is 0 Å². The zero-order valence-electron chi connectivity index (χ0n) is 11.0. The second kappa shape index (κ2) is 6.21. The molecule has 0 bridgehead atoms. The van der Waals surface area contributed by atoms with Crippen molar-refractivity contribution in [1.29, 1.82) is 0 Å². The van der Waals surface area contributed by atoms with Crippen molar-refractivity contribution in [2.75, 3.05) is 19.8 Å². The van der Waals surface area contributed by atoms with Crippen LogP contribution in [0, 0.1) is 0 Å². The SMILES string of the molecule is CCCOc1ccc(C2(O)CCCOCC2)cc1. The third-order valence-corrected chi connectivity index (χ3v) is 3.40. The Morgan fingerprint density at radius 1 is 1.22 bits per heavy atom. The fraction of sp³-hybridized carbons (Fsp3) is 0.600. The summed E-state index contributed by atoms with van der Waals surface area (Å²) in [5, 5.41) is 10.7. The van der Waals surface area contributed by atoms with Crippen molar-refractivity contribution in [3.63, 3.8) is 0 Å². The molecule has 0 aromatic heterocycles. The molecule has 1 saturated heterocycles. The molecule has 18 heavy (non-hydrogen) atoms. The maximum atomic E-state index is 10.7. The van der Waals surface area contributed by atoms with E-state index in [2.05, 4.69) is 6.92 Å². The van der Waals surface area contributed by atoms with Crippen LogP contribution in [0.1, 0.15) is 38.2 Å². The van der Waals surface area contributed by atoms with E-state index in [9.17, 15) is 5.11 Å². The molecule has 1 unspecified atom stereocenters. The van der Waals surface area contributed by atoms with Crippen LogP contribution in [-0.2, 0) is 10.3 Å². The van der Waals surface area contributed by atoms with Crippen LogP contribution in [0.5, 0.6) is 5.75 Å². The van der Waals surface area contributed by atoms with Crippen molar-refractivity contribution >= 4 is 0 Å². The van der Waals surface area contributed by atoms with Gasteiger partial charge in [0.05, 0.1) is 12.2 Å². The lowest BCUT2D eigenvalue weighted by Gasteiger charge is -2.26. The summed E-state index contributed by atoms with van der Waals surface area (Å²) in [5.74, 6) is 0.870. The minimum absolute atomic E-state index is 0.630. The van der Waals surface area contributed by atoms with Crippen LogP contribution in [0.25, 0.3) is 0 Å². The fourth-order valence-electron chi connectivity index (χ4n) is 2.30. The summed E-state index contributed by atoms with van der Waals surface area (Å²) in [6.07, 6.45) is 3.35. The zero-order valence-corrected chi connectivity index (χ0v) is 11.0. The molecule has 100 valence electrons. The van der Waals surface area contributed by atoms with E-state index >= 15 is 0 Å². The quantitative estimate of drug-likeness (QED) is 0.893. The van der Waals surface area contributed by atoms with Crippen molar-refractivity contribution in [3.05, 3.63) is 29.8 Å². The Morgan fingerprint density at radius 2 is 2.00 bits per heavy atom. The first kappa shape index (κ1) is 13.4. The number of hydrogen-bond donors (Lipinski definition) is 1. The predicted molar refractivity (Wildman–Crippen MR) is 70.8 cm³/mol. The Morgan fingerprint density at radius 3 is 2.72 bits per heavy atom. The molecule has 0 saturated carbocycles. The number of benzene rings is 1.